The maximum atomic E-state index is 12.3. The average Bonchev–Trinajstić information content (AvgIpc) is 2.36. The topological polar surface area (TPSA) is 52.7 Å². The van der Waals surface area contributed by atoms with Crippen molar-refractivity contribution in [1.82, 2.24) is 15.1 Å². The minimum Gasteiger partial charge on any atom is -0.350 e. The summed E-state index contributed by atoms with van der Waals surface area (Å²) in [5.41, 5.74) is -0.267. The summed E-state index contributed by atoms with van der Waals surface area (Å²) in [4.78, 5) is 27.8. The summed E-state index contributed by atoms with van der Waals surface area (Å²) >= 11 is 0. The summed E-state index contributed by atoms with van der Waals surface area (Å²) in [6.45, 7) is 8.60. The number of hydrogen-bond acceptors (Lipinski definition) is 3. The van der Waals surface area contributed by atoms with Gasteiger partial charge in [0.15, 0.2) is 0 Å². The molecular weight excluding hydrogens is 278 g/mol. The molecule has 0 bridgehead atoms. The van der Waals surface area contributed by atoms with E-state index in [4.69, 9.17) is 0 Å². The lowest BCUT2D eigenvalue weighted by Crippen LogP contribution is -2.48. The van der Waals surface area contributed by atoms with Gasteiger partial charge in [0.1, 0.15) is 0 Å². The van der Waals surface area contributed by atoms with Crippen LogP contribution in [-0.4, -0.2) is 60.4 Å². The van der Waals surface area contributed by atoms with Crippen molar-refractivity contribution < 1.29 is 9.59 Å². The molecule has 5 nitrogen and oxygen atoms in total. The molecule has 1 N–H and O–H groups in total. The number of nitrogens with one attached hydrogen (secondary N) is 1. The van der Waals surface area contributed by atoms with Gasteiger partial charge in [-0.15, -0.1) is 0 Å². The molecule has 0 aromatic heterocycles. The van der Waals surface area contributed by atoms with E-state index in [9.17, 15) is 9.59 Å². The van der Waals surface area contributed by atoms with Crippen LogP contribution < -0.4 is 5.32 Å². The number of carbonyl (C=O) groups is 2. The molecule has 0 aliphatic heterocycles. The normalized spacial score (nSPS) is 22.5. The first kappa shape index (κ1) is 18.9. The molecule has 0 spiro atoms. The standard InChI is InChI=1S/C17H33N3O2/c1-13-7-9-14(10-8-13)19(5)12-16(22)20(6)11-15(21)18-17(2,3)4/h13-14H,7-12H2,1-6H3,(H,18,21). The van der Waals surface area contributed by atoms with Crippen LogP contribution in [0.3, 0.4) is 0 Å². The predicted octanol–water partition coefficient (Wildman–Crippen LogP) is 1.87. The van der Waals surface area contributed by atoms with Crippen molar-refractivity contribution in [2.45, 2.75) is 65.0 Å². The molecule has 0 aromatic rings. The number of nitrogens with zero attached hydrogens (tertiary/aromatic N) is 2. The Labute approximate surface area is 135 Å². The highest BCUT2D eigenvalue weighted by Crippen LogP contribution is 2.26. The fraction of sp³-hybridized carbons (Fsp3) is 0.882. The minimum atomic E-state index is -0.267. The van der Waals surface area contributed by atoms with E-state index in [1.54, 1.807) is 7.05 Å². The molecule has 0 atom stereocenters. The first-order valence-electron chi connectivity index (χ1n) is 8.33. The van der Waals surface area contributed by atoms with Gasteiger partial charge in [-0.25, -0.2) is 0 Å². The van der Waals surface area contributed by atoms with Crippen LogP contribution in [0, 0.1) is 5.92 Å². The van der Waals surface area contributed by atoms with Crippen molar-refractivity contribution in [3.63, 3.8) is 0 Å². The van der Waals surface area contributed by atoms with Gasteiger partial charge in [0.2, 0.25) is 11.8 Å². The van der Waals surface area contributed by atoms with E-state index in [-0.39, 0.29) is 23.9 Å². The van der Waals surface area contributed by atoms with Crippen LogP contribution in [0.25, 0.3) is 0 Å². The maximum Gasteiger partial charge on any atom is 0.240 e. The number of likely N-dealkylation sites (N-methyl/N-ethyl adjacent to an activating group) is 2. The third kappa shape index (κ3) is 6.77. The highest BCUT2D eigenvalue weighted by Gasteiger charge is 2.24. The van der Waals surface area contributed by atoms with Crippen molar-refractivity contribution in [2.75, 3.05) is 27.2 Å². The van der Waals surface area contributed by atoms with Gasteiger partial charge in [-0.05, 0) is 59.4 Å². The van der Waals surface area contributed by atoms with Gasteiger partial charge in [-0.2, -0.15) is 0 Å². The molecule has 1 saturated carbocycles. The van der Waals surface area contributed by atoms with E-state index in [2.05, 4.69) is 17.1 Å². The molecular formula is C17H33N3O2. The fourth-order valence-electron chi connectivity index (χ4n) is 2.91. The van der Waals surface area contributed by atoms with E-state index in [1.807, 2.05) is 27.8 Å². The summed E-state index contributed by atoms with van der Waals surface area (Å²) in [5.74, 6) is 0.701. The minimum absolute atomic E-state index is 0.00480. The molecule has 0 saturated heterocycles. The molecule has 1 aliphatic carbocycles. The zero-order valence-electron chi connectivity index (χ0n) is 15.1. The van der Waals surface area contributed by atoms with E-state index >= 15 is 0 Å². The van der Waals surface area contributed by atoms with E-state index in [0.717, 1.165) is 5.92 Å². The van der Waals surface area contributed by atoms with Crippen LogP contribution >= 0.6 is 0 Å². The van der Waals surface area contributed by atoms with Gasteiger partial charge in [-0.3, -0.25) is 14.5 Å². The monoisotopic (exact) mass is 311 g/mol. The molecule has 0 unspecified atom stereocenters. The molecule has 0 aromatic carbocycles. The Bertz CT molecular complexity index is 382. The van der Waals surface area contributed by atoms with Crippen molar-refractivity contribution in [2.24, 2.45) is 5.92 Å². The van der Waals surface area contributed by atoms with Gasteiger partial charge < -0.3 is 10.2 Å². The molecule has 1 aliphatic rings. The maximum absolute atomic E-state index is 12.3. The first-order chi connectivity index (χ1) is 10.1. The summed E-state index contributed by atoms with van der Waals surface area (Å²) < 4.78 is 0. The second kappa shape index (κ2) is 7.95. The van der Waals surface area contributed by atoms with Gasteiger partial charge in [-0.1, -0.05) is 6.92 Å². The van der Waals surface area contributed by atoms with Crippen molar-refractivity contribution in [3.8, 4) is 0 Å². The number of rotatable bonds is 5. The van der Waals surface area contributed by atoms with Crippen molar-refractivity contribution in [1.29, 1.82) is 0 Å². The second-order valence-corrected chi connectivity index (χ2v) is 7.88. The molecule has 1 fully saturated rings. The van der Waals surface area contributed by atoms with E-state index in [0.29, 0.717) is 12.6 Å². The van der Waals surface area contributed by atoms with Crippen molar-refractivity contribution >= 4 is 11.8 Å². The molecule has 1 rings (SSSR count). The molecule has 0 heterocycles. The van der Waals surface area contributed by atoms with E-state index < -0.39 is 0 Å². The summed E-state index contributed by atoms with van der Waals surface area (Å²) in [7, 11) is 3.71. The van der Waals surface area contributed by atoms with Crippen LogP contribution in [0.2, 0.25) is 0 Å². The highest BCUT2D eigenvalue weighted by molar-refractivity contribution is 5.85. The Balaban J connectivity index is 2.38. The zero-order valence-corrected chi connectivity index (χ0v) is 15.1. The lowest BCUT2D eigenvalue weighted by molar-refractivity contribution is -0.136. The highest BCUT2D eigenvalue weighted by atomic mass is 16.2. The van der Waals surface area contributed by atoms with Crippen LogP contribution in [-0.2, 0) is 9.59 Å². The first-order valence-corrected chi connectivity index (χ1v) is 8.33. The van der Waals surface area contributed by atoms with Gasteiger partial charge in [0.05, 0.1) is 13.1 Å². The summed E-state index contributed by atoms with van der Waals surface area (Å²) in [6, 6.07) is 0.497. The molecule has 0 radical (unpaired) electrons. The third-order valence-electron chi connectivity index (χ3n) is 4.31. The quantitative estimate of drug-likeness (QED) is 0.843. The van der Waals surface area contributed by atoms with Gasteiger partial charge in [0, 0.05) is 18.6 Å². The Morgan fingerprint density at radius 3 is 2.09 bits per heavy atom. The number of hydrogen-bond donors (Lipinski definition) is 1. The lowest BCUT2D eigenvalue weighted by Gasteiger charge is -2.34. The Kier molecular flexibility index (Phi) is 6.85. The fourth-order valence-corrected chi connectivity index (χ4v) is 2.91. The van der Waals surface area contributed by atoms with Crippen LogP contribution in [0.1, 0.15) is 53.4 Å². The number of carbonyl (C=O) groups excluding carboxylic acids is 2. The second-order valence-electron chi connectivity index (χ2n) is 7.88. The largest absolute Gasteiger partial charge is 0.350 e. The summed E-state index contributed by atoms with van der Waals surface area (Å²) in [5, 5.41) is 2.88. The van der Waals surface area contributed by atoms with Gasteiger partial charge in [0.25, 0.3) is 0 Å². The molecule has 2 amide bonds. The van der Waals surface area contributed by atoms with Crippen LogP contribution in [0.5, 0.6) is 0 Å². The average molecular weight is 311 g/mol. The lowest BCUT2D eigenvalue weighted by atomic mass is 9.87. The third-order valence-corrected chi connectivity index (χ3v) is 4.31. The summed E-state index contributed by atoms with van der Waals surface area (Å²) in [6.07, 6.45) is 4.82. The van der Waals surface area contributed by atoms with Crippen LogP contribution in [0.15, 0.2) is 0 Å². The van der Waals surface area contributed by atoms with Crippen molar-refractivity contribution in [3.05, 3.63) is 0 Å². The molecule has 5 heteroatoms. The van der Waals surface area contributed by atoms with Crippen LogP contribution in [0.4, 0.5) is 0 Å². The predicted molar refractivity (Wildman–Crippen MR) is 89.6 cm³/mol. The SMILES string of the molecule is CC1CCC(N(C)CC(=O)N(C)CC(=O)NC(C)(C)C)CC1. The molecule has 22 heavy (non-hydrogen) atoms. The molecule has 128 valence electrons. The smallest absolute Gasteiger partial charge is 0.240 e. The zero-order chi connectivity index (χ0) is 16.9. The Morgan fingerprint density at radius 2 is 1.59 bits per heavy atom. The number of amides is 2. The van der Waals surface area contributed by atoms with Gasteiger partial charge >= 0.3 is 0 Å². The Morgan fingerprint density at radius 1 is 1.05 bits per heavy atom. The van der Waals surface area contributed by atoms with E-state index in [1.165, 1.54) is 30.6 Å². The Hall–Kier alpha value is -1.10.